The van der Waals surface area contributed by atoms with Crippen molar-refractivity contribution in [2.24, 2.45) is 10.4 Å². The van der Waals surface area contributed by atoms with Gasteiger partial charge >= 0.3 is 0 Å². The Morgan fingerprint density at radius 3 is 2.50 bits per heavy atom. The lowest BCUT2D eigenvalue weighted by Gasteiger charge is -2.24. The van der Waals surface area contributed by atoms with E-state index in [1.54, 1.807) is 0 Å². The average Bonchev–Trinajstić information content (AvgIpc) is 3.26. The van der Waals surface area contributed by atoms with Gasteiger partial charge in [0.15, 0.2) is 5.96 Å². The first-order chi connectivity index (χ1) is 10.2. The second-order valence-electron chi connectivity index (χ2n) is 6.34. The number of unbranched alkanes of at least 4 members (excludes halogenated alkanes) is 1. The smallest absolute Gasteiger partial charge is 0.193 e. The highest BCUT2D eigenvalue weighted by Gasteiger charge is 2.42. The first-order valence-corrected chi connectivity index (χ1v) is 8.15. The third kappa shape index (κ3) is 5.78. The lowest BCUT2D eigenvalue weighted by atomic mass is 9.96. The van der Waals surface area contributed by atoms with Gasteiger partial charge in [0.2, 0.25) is 0 Å². The fourth-order valence-corrected chi connectivity index (χ4v) is 2.77. The third-order valence-electron chi connectivity index (χ3n) is 4.42. The Labute approximate surface area is 152 Å². The van der Waals surface area contributed by atoms with Crippen LogP contribution < -0.4 is 5.32 Å². The molecule has 1 aliphatic rings. The second-order valence-corrected chi connectivity index (χ2v) is 6.34. The van der Waals surface area contributed by atoms with Gasteiger partial charge in [-0.05, 0) is 36.7 Å². The van der Waals surface area contributed by atoms with Gasteiger partial charge in [-0.15, -0.1) is 24.0 Å². The van der Waals surface area contributed by atoms with Crippen molar-refractivity contribution in [3.63, 3.8) is 0 Å². The number of hydrogen-bond acceptors (Lipinski definition) is 1. The fourth-order valence-electron chi connectivity index (χ4n) is 2.77. The highest BCUT2D eigenvalue weighted by atomic mass is 127. The molecule has 0 unspecified atom stereocenters. The number of nitrogens with one attached hydrogen (secondary N) is 1. The van der Waals surface area contributed by atoms with Crippen molar-refractivity contribution in [1.82, 2.24) is 10.2 Å². The maximum atomic E-state index is 4.41. The van der Waals surface area contributed by atoms with E-state index in [1.807, 2.05) is 7.05 Å². The molecule has 3 nitrogen and oxygen atoms in total. The number of aliphatic imine (C=N–C) groups is 1. The molecule has 0 bridgehead atoms. The average molecular weight is 415 g/mol. The molecule has 1 fully saturated rings. The lowest BCUT2D eigenvalue weighted by molar-refractivity contribution is 0.438. The van der Waals surface area contributed by atoms with E-state index in [0.29, 0.717) is 5.41 Å². The van der Waals surface area contributed by atoms with Crippen LogP contribution in [0.1, 0.15) is 38.2 Å². The number of rotatable bonds is 7. The normalized spacial score (nSPS) is 15.9. The van der Waals surface area contributed by atoms with E-state index in [1.165, 1.54) is 37.7 Å². The van der Waals surface area contributed by atoms with E-state index in [0.717, 1.165) is 19.0 Å². The van der Waals surface area contributed by atoms with Gasteiger partial charge in [-0.3, -0.25) is 4.99 Å². The molecule has 1 saturated carbocycles. The van der Waals surface area contributed by atoms with Crippen LogP contribution in [-0.2, 0) is 6.42 Å². The summed E-state index contributed by atoms with van der Waals surface area (Å²) in [6, 6.07) is 10.8. The summed E-state index contributed by atoms with van der Waals surface area (Å²) in [7, 11) is 4.00. The topological polar surface area (TPSA) is 27.6 Å². The van der Waals surface area contributed by atoms with Crippen molar-refractivity contribution in [3.05, 3.63) is 35.9 Å². The zero-order chi connectivity index (χ0) is 15.1. The molecule has 4 heteroatoms. The molecule has 0 heterocycles. The molecule has 1 N–H and O–H groups in total. The summed E-state index contributed by atoms with van der Waals surface area (Å²) in [5.74, 6) is 1.03. The molecule has 0 saturated heterocycles. The highest BCUT2D eigenvalue weighted by molar-refractivity contribution is 14.0. The Morgan fingerprint density at radius 2 is 1.95 bits per heavy atom. The molecule has 0 aliphatic heterocycles. The minimum Gasteiger partial charge on any atom is -0.356 e. The molecule has 0 atom stereocenters. The van der Waals surface area contributed by atoms with Crippen molar-refractivity contribution in [2.45, 2.75) is 39.0 Å². The number of hydrogen-bond donors (Lipinski definition) is 1. The summed E-state index contributed by atoms with van der Waals surface area (Å²) in [6.45, 7) is 4.33. The zero-order valence-electron chi connectivity index (χ0n) is 14.1. The molecule has 1 aromatic rings. The van der Waals surface area contributed by atoms with Crippen LogP contribution in [0.25, 0.3) is 0 Å². The van der Waals surface area contributed by atoms with Crippen LogP contribution >= 0.6 is 24.0 Å². The van der Waals surface area contributed by atoms with Gasteiger partial charge in [0, 0.05) is 27.2 Å². The molecule has 1 aliphatic carbocycles. The Kier molecular flexibility index (Phi) is 8.21. The first-order valence-electron chi connectivity index (χ1n) is 8.15. The van der Waals surface area contributed by atoms with Crippen molar-refractivity contribution in [3.8, 4) is 0 Å². The van der Waals surface area contributed by atoms with Crippen molar-refractivity contribution < 1.29 is 0 Å². The van der Waals surface area contributed by atoms with Crippen LogP contribution in [-0.4, -0.2) is 38.0 Å². The molecule has 2 rings (SSSR count). The van der Waals surface area contributed by atoms with Crippen LogP contribution in [0, 0.1) is 5.41 Å². The predicted molar refractivity (Wildman–Crippen MR) is 106 cm³/mol. The van der Waals surface area contributed by atoms with Gasteiger partial charge < -0.3 is 10.2 Å². The van der Waals surface area contributed by atoms with E-state index in [2.05, 4.69) is 59.5 Å². The quantitative estimate of drug-likeness (QED) is 0.415. The van der Waals surface area contributed by atoms with Crippen LogP contribution in [0.5, 0.6) is 0 Å². The summed E-state index contributed by atoms with van der Waals surface area (Å²) < 4.78 is 0. The molecule has 0 amide bonds. The molecule has 0 radical (unpaired) electrons. The maximum Gasteiger partial charge on any atom is 0.193 e. The van der Waals surface area contributed by atoms with Crippen LogP contribution in [0.2, 0.25) is 0 Å². The second kappa shape index (κ2) is 9.38. The van der Waals surface area contributed by atoms with E-state index in [-0.39, 0.29) is 24.0 Å². The molecular formula is C18H30IN3. The van der Waals surface area contributed by atoms with E-state index >= 15 is 0 Å². The van der Waals surface area contributed by atoms with E-state index in [4.69, 9.17) is 0 Å². The predicted octanol–water partition coefficient (Wildman–Crippen LogP) is 3.93. The Hall–Kier alpha value is -0.780. The standard InChI is InChI=1S/C18H29N3.HI/c1-4-5-13-21(3)17(19-2)20-15-18(11-12-18)14-16-9-7-6-8-10-16;/h6-10H,4-5,11-15H2,1-3H3,(H,19,20);1H. The van der Waals surface area contributed by atoms with Crippen molar-refractivity contribution >= 4 is 29.9 Å². The third-order valence-corrected chi connectivity index (χ3v) is 4.42. The van der Waals surface area contributed by atoms with Gasteiger partial charge in [-0.1, -0.05) is 43.7 Å². The van der Waals surface area contributed by atoms with Crippen LogP contribution in [0.15, 0.2) is 35.3 Å². The lowest BCUT2D eigenvalue weighted by Crippen LogP contribution is -2.42. The Balaban J connectivity index is 0.00000242. The van der Waals surface area contributed by atoms with Crippen molar-refractivity contribution in [1.29, 1.82) is 0 Å². The molecule has 0 spiro atoms. The number of benzene rings is 1. The summed E-state index contributed by atoms with van der Waals surface area (Å²) in [5.41, 5.74) is 1.90. The summed E-state index contributed by atoms with van der Waals surface area (Å²) in [5, 5.41) is 3.58. The van der Waals surface area contributed by atoms with Gasteiger partial charge in [-0.25, -0.2) is 0 Å². The molecule has 124 valence electrons. The summed E-state index contributed by atoms with van der Waals surface area (Å²) in [6.07, 6.45) is 6.26. The zero-order valence-corrected chi connectivity index (χ0v) is 16.5. The summed E-state index contributed by atoms with van der Waals surface area (Å²) >= 11 is 0. The number of halogens is 1. The van der Waals surface area contributed by atoms with Crippen LogP contribution in [0.3, 0.4) is 0 Å². The molecule has 22 heavy (non-hydrogen) atoms. The number of nitrogens with zero attached hydrogens (tertiary/aromatic N) is 2. The maximum absolute atomic E-state index is 4.41. The van der Waals surface area contributed by atoms with Gasteiger partial charge in [-0.2, -0.15) is 0 Å². The monoisotopic (exact) mass is 415 g/mol. The first kappa shape index (κ1) is 19.3. The molecule has 0 aromatic heterocycles. The Morgan fingerprint density at radius 1 is 1.27 bits per heavy atom. The largest absolute Gasteiger partial charge is 0.356 e. The Bertz CT molecular complexity index is 455. The molecular weight excluding hydrogens is 385 g/mol. The fraction of sp³-hybridized carbons (Fsp3) is 0.611. The molecule has 1 aromatic carbocycles. The summed E-state index contributed by atoms with van der Waals surface area (Å²) in [4.78, 5) is 6.65. The van der Waals surface area contributed by atoms with E-state index < -0.39 is 0 Å². The number of guanidine groups is 1. The minimum atomic E-state index is 0. The van der Waals surface area contributed by atoms with Gasteiger partial charge in [0.25, 0.3) is 0 Å². The van der Waals surface area contributed by atoms with Crippen molar-refractivity contribution in [2.75, 3.05) is 27.2 Å². The van der Waals surface area contributed by atoms with Gasteiger partial charge in [0.05, 0.1) is 0 Å². The SMILES string of the molecule is CCCCN(C)C(=NC)NCC1(Cc2ccccc2)CC1.I. The highest BCUT2D eigenvalue weighted by Crippen LogP contribution is 2.47. The minimum absolute atomic E-state index is 0. The van der Waals surface area contributed by atoms with Gasteiger partial charge in [0.1, 0.15) is 0 Å². The van der Waals surface area contributed by atoms with Crippen LogP contribution in [0.4, 0.5) is 0 Å². The van der Waals surface area contributed by atoms with E-state index in [9.17, 15) is 0 Å².